The number of anilines is 1. The van der Waals surface area contributed by atoms with E-state index >= 15 is 0 Å². The number of aryl methyl sites for hydroxylation is 2. The average molecular weight is 362 g/mol. The lowest BCUT2D eigenvalue weighted by molar-refractivity contribution is -0.127. The maximum atomic E-state index is 12.2. The topological polar surface area (TPSA) is 85.2 Å². The van der Waals surface area contributed by atoms with Gasteiger partial charge in [0.05, 0.1) is 23.9 Å². The van der Waals surface area contributed by atoms with Crippen LogP contribution in [0.15, 0.2) is 28.0 Å². The zero-order valence-electron chi connectivity index (χ0n) is 13.7. The van der Waals surface area contributed by atoms with Gasteiger partial charge in [-0.3, -0.25) is 4.79 Å². The highest BCUT2D eigenvalue weighted by Gasteiger charge is 2.15. The number of carbonyl (C=O) groups excluding carboxylic acids is 1. The summed E-state index contributed by atoms with van der Waals surface area (Å²) in [5, 5.41) is 1.45. The van der Waals surface area contributed by atoms with Gasteiger partial charge in [0.15, 0.2) is 5.16 Å². The predicted molar refractivity (Wildman–Crippen MR) is 97.2 cm³/mol. The van der Waals surface area contributed by atoms with E-state index in [9.17, 15) is 4.79 Å². The van der Waals surface area contributed by atoms with Gasteiger partial charge >= 0.3 is 0 Å². The molecule has 0 aromatic carbocycles. The molecule has 3 rings (SSSR count). The number of carbonyl (C=O) groups is 1. The molecule has 6 nitrogen and oxygen atoms in total. The molecule has 24 heavy (non-hydrogen) atoms. The summed E-state index contributed by atoms with van der Waals surface area (Å²) in [6, 6.07) is 3.65. The van der Waals surface area contributed by atoms with Crippen LogP contribution in [0.5, 0.6) is 0 Å². The van der Waals surface area contributed by atoms with E-state index in [-0.39, 0.29) is 11.7 Å². The Morgan fingerprint density at radius 2 is 2.21 bits per heavy atom. The molecule has 1 amide bonds. The lowest BCUT2D eigenvalue weighted by Gasteiger charge is -2.15. The number of aromatic nitrogens is 2. The minimum Gasteiger partial charge on any atom is -0.467 e. The molecule has 0 atom stereocenters. The largest absolute Gasteiger partial charge is 0.467 e. The van der Waals surface area contributed by atoms with E-state index in [1.807, 2.05) is 19.9 Å². The molecular weight excluding hydrogens is 344 g/mol. The van der Waals surface area contributed by atoms with Crippen molar-refractivity contribution in [3.63, 3.8) is 0 Å². The molecule has 0 saturated carbocycles. The Labute approximate surface area is 148 Å². The quantitative estimate of drug-likeness (QED) is 0.554. The molecule has 0 aliphatic rings. The third-order valence-corrected chi connectivity index (χ3v) is 5.69. The maximum Gasteiger partial charge on any atom is 0.233 e. The van der Waals surface area contributed by atoms with Gasteiger partial charge in [0.2, 0.25) is 5.91 Å². The van der Waals surface area contributed by atoms with Crippen LogP contribution in [0.25, 0.3) is 10.2 Å². The smallest absolute Gasteiger partial charge is 0.233 e. The number of fused-ring (bicyclic) bond motifs is 1. The second kappa shape index (κ2) is 6.82. The van der Waals surface area contributed by atoms with Crippen molar-refractivity contribution in [2.45, 2.75) is 25.5 Å². The molecule has 0 bridgehead atoms. The lowest BCUT2D eigenvalue weighted by atomic mass is 10.2. The Morgan fingerprint density at radius 3 is 2.92 bits per heavy atom. The first-order chi connectivity index (χ1) is 11.5. The number of nitrogens with zero attached hydrogens (tertiary/aromatic N) is 3. The second-order valence-corrected chi connectivity index (χ2v) is 7.62. The fourth-order valence-corrected chi connectivity index (χ4v) is 4.17. The molecule has 0 unspecified atom stereocenters. The fourth-order valence-electron chi connectivity index (χ4n) is 2.29. The number of nitrogens with two attached hydrogens (primary N) is 1. The number of hydrogen-bond acceptors (Lipinski definition) is 7. The number of amides is 1. The molecule has 126 valence electrons. The van der Waals surface area contributed by atoms with E-state index in [1.165, 1.54) is 16.6 Å². The van der Waals surface area contributed by atoms with Crippen molar-refractivity contribution in [2.75, 3.05) is 18.5 Å². The normalized spacial score (nSPS) is 11.1. The Balaban J connectivity index is 1.68. The van der Waals surface area contributed by atoms with Crippen molar-refractivity contribution in [2.24, 2.45) is 0 Å². The summed E-state index contributed by atoms with van der Waals surface area (Å²) >= 11 is 2.89. The standard InChI is InChI=1S/C16H18N4O2S2/c1-9-10(2)24-15-13(9)14(17)18-16(19-15)23-8-12(21)20(3)7-11-5-4-6-22-11/h4-6H,7-8H2,1-3H3,(H2,17,18,19). The van der Waals surface area contributed by atoms with Crippen LogP contribution in [0.4, 0.5) is 5.82 Å². The van der Waals surface area contributed by atoms with Gasteiger partial charge in [0.25, 0.3) is 0 Å². The number of nitrogen functional groups attached to an aromatic ring is 1. The second-order valence-electron chi connectivity index (χ2n) is 5.47. The van der Waals surface area contributed by atoms with Gasteiger partial charge in [-0.1, -0.05) is 11.8 Å². The number of hydrogen-bond donors (Lipinski definition) is 1. The van der Waals surface area contributed by atoms with Crippen molar-refractivity contribution in [3.05, 3.63) is 34.6 Å². The van der Waals surface area contributed by atoms with Gasteiger partial charge in [0, 0.05) is 11.9 Å². The van der Waals surface area contributed by atoms with Crippen LogP contribution in [0, 0.1) is 13.8 Å². The summed E-state index contributed by atoms with van der Waals surface area (Å²) in [6.45, 7) is 4.51. The molecular formula is C16H18N4O2S2. The van der Waals surface area contributed by atoms with Gasteiger partial charge in [0.1, 0.15) is 16.4 Å². The molecule has 8 heteroatoms. The molecule has 0 fully saturated rings. The predicted octanol–water partition coefficient (Wildman–Crippen LogP) is 3.23. The van der Waals surface area contributed by atoms with Gasteiger partial charge in [-0.15, -0.1) is 11.3 Å². The van der Waals surface area contributed by atoms with Crippen LogP contribution in [-0.2, 0) is 11.3 Å². The summed E-state index contributed by atoms with van der Waals surface area (Å²) < 4.78 is 5.25. The third-order valence-electron chi connectivity index (χ3n) is 3.76. The minimum atomic E-state index is -0.0165. The molecule has 3 heterocycles. The Hall–Kier alpha value is -2.06. The summed E-state index contributed by atoms with van der Waals surface area (Å²) in [7, 11) is 1.75. The average Bonchev–Trinajstić information content (AvgIpc) is 3.13. The highest BCUT2D eigenvalue weighted by atomic mass is 32.2. The third kappa shape index (κ3) is 3.39. The first kappa shape index (κ1) is 16.8. The van der Waals surface area contributed by atoms with Gasteiger partial charge < -0.3 is 15.1 Å². The number of rotatable bonds is 5. The molecule has 0 saturated heterocycles. The van der Waals surface area contributed by atoms with Crippen LogP contribution >= 0.6 is 23.1 Å². The molecule has 0 radical (unpaired) electrons. The number of thioether (sulfide) groups is 1. The van der Waals surface area contributed by atoms with E-state index in [2.05, 4.69) is 9.97 Å². The van der Waals surface area contributed by atoms with E-state index in [4.69, 9.17) is 10.2 Å². The molecule has 0 spiro atoms. The number of thiophene rings is 1. The Kier molecular flexibility index (Phi) is 4.77. The molecule has 2 N–H and O–H groups in total. The van der Waals surface area contributed by atoms with Crippen LogP contribution in [0.3, 0.4) is 0 Å². The first-order valence-corrected chi connectivity index (χ1v) is 9.18. The summed E-state index contributed by atoms with van der Waals surface area (Å²) in [4.78, 5) is 24.8. The summed E-state index contributed by atoms with van der Waals surface area (Å²) in [6.07, 6.45) is 1.60. The molecule has 3 aromatic rings. The SMILES string of the molecule is Cc1sc2nc(SCC(=O)N(C)Cc3ccco3)nc(N)c2c1C. The van der Waals surface area contributed by atoms with Crippen molar-refractivity contribution in [1.29, 1.82) is 0 Å². The summed E-state index contributed by atoms with van der Waals surface area (Å²) in [5.74, 6) is 1.46. The van der Waals surface area contributed by atoms with E-state index in [0.717, 1.165) is 21.5 Å². The van der Waals surface area contributed by atoms with E-state index in [0.29, 0.717) is 17.5 Å². The fraction of sp³-hybridized carbons (Fsp3) is 0.312. The molecule has 3 aromatic heterocycles. The van der Waals surface area contributed by atoms with Crippen molar-refractivity contribution in [3.8, 4) is 0 Å². The van der Waals surface area contributed by atoms with Crippen LogP contribution in [0.2, 0.25) is 0 Å². The minimum absolute atomic E-state index is 0.0165. The monoisotopic (exact) mass is 362 g/mol. The van der Waals surface area contributed by atoms with E-state index in [1.54, 1.807) is 35.6 Å². The summed E-state index contributed by atoms with van der Waals surface area (Å²) in [5.41, 5.74) is 7.19. The first-order valence-electron chi connectivity index (χ1n) is 7.38. The highest BCUT2D eigenvalue weighted by Crippen LogP contribution is 2.33. The number of furan rings is 1. The van der Waals surface area contributed by atoms with Crippen LogP contribution in [-0.4, -0.2) is 33.6 Å². The van der Waals surface area contributed by atoms with Crippen LogP contribution < -0.4 is 5.73 Å². The zero-order valence-corrected chi connectivity index (χ0v) is 15.3. The highest BCUT2D eigenvalue weighted by molar-refractivity contribution is 7.99. The maximum absolute atomic E-state index is 12.2. The molecule has 0 aliphatic carbocycles. The zero-order chi connectivity index (χ0) is 17.3. The Bertz CT molecular complexity index is 874. The van der Waals surface area contributed by atoms with Crippen molar-refractivity contribution >= 4 is 45.0 Å². The van der Waals surface area contributed by atoms with Crippen molar-refractivity contribution in [1.82, 2.24) is 14.9 Å². The van der Waals surface area contributed by atoms with Crippen molar-refractivity contribution < 1.29 is 9.21 Å². The molecule has 0 aliphatic heterocycles. The lowest BCUT2D eigenvalue weighted by Crippen LogP contribution is -2.27. The van der Waals surface area contributed by atoms with E-state index < -0.39 is 0 Å². The Morgan fingerprint density at radius 1 is 1.42 bits per heavy atom. The van der Waals surface area contributed by atoms with Gasteiger partial charge in [-0.25, -0.2) is 9.97 Å². The van der Waals surface area contributed by atoms with Crippen LogP contribution in [0.1, 0.15) is 16.2 Å². The van der Waals surface area contributed by atoms with Gasteiger partial charge in [-0.05, 0) is 31.5 Å². The van der Waals surface area contributed by atoms with Gasteiger partial charge in [-0.2, -0.15) is 0 Å².